The lowest BCUT2D eigenvalue weighted by Gasteiger charge is -2.44. The average molecular weight is 655 g/mol. The Labute approximate surface area is 276 Å². The van der Waals surface area contributed by atoms with Crippen molar-refractivity contribution in [2.45, 2.75) is 76.9 Å². The van der Waals surface area contributed by atoms with Crippen molar-refractivity contribution in [3.63, 3.8) is 0 Å². The fourth-order valence-corrected chi connectivity index (χ4v) is 7.46. The fraction of sp³-hybridized carbons (Fsp3) is 0.676. The Kier molecular flexibility index (Phi) is 11.4. The molecule has 47 heavy (non-hydrogen) atoms. The number of nitrogens with zero attached hydrogens (tertiary/aromatic N) is 3. The lowest BCUT2D eigenvalue weighted by atomic mass is 9.73. The number of likely N-dealkylation sites (tertiary alicyclic amines) is 2. The van der Waals surface area contributed by atoms with Gasteiger partial charge in [-0.3, -0.25) is 24.0 Å². The van der Waals surface area contributed by atoms with Crippen molar-refractivity contribution in [2.24, 2.45) is 11.3 Å². The smallest absolute Gasteiger partial charge is 0.258 e. The number of hydrogen-bond acceptors (Lipinski definition) is 8. The molecular formula is C34H50N6O7. The number of carbonyl (C=O) groups excluding carboxylic acids is 5. The highest BCUT2D eigenvalue weighted by Crippen LogP contribution is 2.36. The maximum atomic E-state index is 13.5. The standard InChI is InChI=1S/C34H50N6O7/c1-3-38-14-9-25(10-15-38)33(46)39-16-11-34(12-17-39)19-24-6-4-7-26(18-24)47-21-29(42)36-23(2)32(45)40-13-5-8-28(40)31(44)37-27(20-41)30(43)35-22-34/h4,6-7,18,23,25,27-28,41H,3,5,8-17,19-22H2,1-2H3,(H,35,43)(H,36,42)(H,37,44)/t23-,27-,28-/m0/s1. The van der Waals surface area contributed by atoms with Crippen LogP contribution in [0.15, 0.2) is 24.3 Å². The number of nitrogens with one attached hydrogen (secondary N) is 3. The Morgan fingerprint density at radius 3 is 2.45 bits per heavy atom. The summed E-state index contributed by atoms with van der Waals surface area (Å²) in [6.07, 6.45) is 4.66. The van der Waals surface area contributed by atoms with Crippen molar-refractivity contribution in [1.29, 1.82) is 0 Å². The fourth-order valence-electron chi connectivity index (χ4n) is 7.46. The molecule has 2 bridgehead atoms. The minimum atomic E-state index is -1.19. The Bertz CT molecular complexity index is 1310. The van der Waals surface area contributed by atoms with Gasteiger partial charge in [-0.2, -0.15) is 0 Å². The predicted molar refractivity (Wildman–Crippen MR) is 173 cm³/mol. The molecule has 1 spiro atoms. The Balaban J connectivity index is 1.34. The zero-order valence-electron chi connectivity index (χ0n) is 27.7. The lowest BCUT2D eigenvalue weighted by Crippen LogP contribution is -2.57. The van der Waals surface area contributed by atoms with Gasteiger partial charge in [0.2, 0.25) is 23.6 Å². The van der Waals surface area contributed by atoms with Gasteiger partial charge in [0, 0.05) is 32.1 Å². The van der Waals surface area contributed by atoms with E-state index in [1.807, 2.05) is 23.1 Å². The minimum Gasteiger partial charge on any atom is -0.484 e. The number of carbonyl (C=O) groups is 5. The SMILES string of the molecule is CCN1CCC(C(=O)N2CCC3(CC2)CNC(=O)[C@H](CO)NC(=O)[C@@H]2CCCN2C(=O)[C@H](C)NC(=O)COc2cccc(c2)C3)CC1. The molecule has 4 heterocycles. The van der Waals surface area contributed by atoms with Crippen LogP contribution in [-0.4, -0.2) is 126 Å². The van der Waals surface area contributed by atoms with E-state index in [2.05, 4.69) is 27.8 Å². The summed E-state index contributed by atoms with van der Waals surface area (Å²) in [5.41, 5.74) is 0.559. The zero-order valence-corrected chi connectivity index (χ0v) is 27.7. The van der Waals surface area contributed by atoms with Gasteiger partial charge in [-0.25, -0.2) is 0 Å². The molecular weight excluding hydrogens is 604 g/mol. The van der Waals surface area contributed by atoms with Gasteiger partial charge in [-0.1, -0.05) is 19.1 Å². The van der Waals surface area contributed by atoms with E-state index >= 15 is 0 Å². The maximum absolute atomic E-state index is 13.5. The van der Waals surface area contributed by atoms with Gasteiger partial charge in [-0.05, 0) is 94.6 Å². The molecule has 3 atom stereocenters. The molecule has 258 valence electrons. The van der Waals surface area contributed by atoms with Crippen LogP contribution in [0.3, 0.4) is 0 Å². The van der Waals surface area contributed by atoms with Crippen molar-refractivity contribution in [3.05, 3.63) is 29.8 Å². The average Bonchev–Trinajstić information content (AvgIpc) is 3.58. The van der Waals surface area contributed by atoms with Gasteiger partial charge in [-0.15, -0.1) is 0 Å². The van der Waals surface area contributed by atoms with Crippen LogP contribution < -0.4 is 20.7 Å². The second-order valence-electron chi connectivity index (χ2n) is 13.6. The normalized spacial score (nSPS) is 27.1. The van der Waals surface area contributed by atoms with Crippen LogP contribution in [0.2, 0.25) is 0 Å². The minimum absolute atomic E-state index is 0.0371. The third kappa shape index (κ3) is 8.42. The summed E-state index contributed by atoms with van der Waals surface area (Å²) in [7, 11) is 0. The largest absolute Gasteiger partial charge is 0.484 e. The van der Waals surface area contributed by atoms with Crippen molar-refractivity contribution in [3.8, 4) is 5.75 Å². The molecule has 5 amide bonds. The molecule has 0 unspecified atom stereocenters. The summed E-state index contributed by atoms with van der Waals surface area (Å²) >= 11 is 0. The van der Waals surface area contributed by atoms with E-state index in [4.69, 9.17) is 4.74 Å². The molecule has 0 aliphatic carbocycles. The molecule has 4 aliphatic rings. The molecule has 0 saturated carbocycles. The van der Waals surface area contributed by atoms with Crippen molar-refractivity contribution in [2.75, 3.05) is 59.0 Å². The molecule has 4 aliphatic heterocycles. The zero-order chi connectivity index (χ0) is 33.6. The highest BCUT2D eigenvalue weighted by Gasteiger charge is 2.40. The number of rotatable bonds is 3. The molecule has 13 heteroatoms. The number of hydrogen-bond donors (Lipinski definition) is 4. The summed E-state index contributed by atoms with van der Waals surface area (Å²) in [6.45, 7) is 7.47. The second-order valence-corrected chi connectivity index (χ2v) is 13.6. The number of ether oxygens (including phenoxy) is 1. The van der Waals surface area contributed by atoms with Crippen LogP contribution in [0.1, 0.15) is 57.9 Å². The molecule has 13 nitrogen and oxygen atoms in total. The van der Waals surface area contributed by atoms with Gasteiger partial charge in [0.15, 0.2) is 6.61 Å². The van der Waals surface area contributed by atoms with E-state index < -0.39 is 53.8 Å². The Hall–Kier alpha value is -3.71. The number of aliphatic hydroxyl groups is 1. The number of piperidine rings is 2. The van der Waals surface area contributed by atoms with Crippen LogP contribution in [0.25, 0.3) is 0 Å². The second kappa shape index (κ2) is 15.5. The molecule has 1 aromatic rings. The highest BCUT2D eigenvalue weighted by atomic mass is 16.5. The van der Waals surface area contributed by atoms with Crippen molar-refractivity contribution >= 4 is 29.5 Å². The molecule has 0 aromatic heterocycles. The Morgan fingerprint density at radius 2 is 1.74 bits per heavy atom. The number of benzene rings is 1. The molecule has 0 radical (unpaired) electrons. The van der Waals surface area contributed by atoms with Gasteiger partial charge < -0.3 is 40.5 Å². The number of amides is 5. The predicted octanol–water partition coefficient (Wildman–Crippen LogP) is 0.0512. The first-order chi connectivity index (χ1) is 22.6. The Morgan fingerprint density at radius 1 is 1.00 bits per heavy atom. The van der Waals surface area contributed by atoms with E-state index in [9.17, 15) is 29.1 Å². The summed E-state index contributed by atoms with van der Waals surface area (Å²) in [4.78, 5) is 71.9. The van der Waals surface area contributed by atoms with E-state index in [1.54, 1.807) is 13.0 Å². The van der Waals surface area contributed by atoms with Crippen LogP contribution in [-0.2, 0) is 30.4 Å². The van der Waals surface area contributed by atoms with E-state index in [0.29, 0.717) is 57.5 Å². The quantitative estimate of drug-likeness (QED) is 0.356. The topological polar surface area (TPSA) is 161 Å². The van der Waals surface area contributed by atoms with E-state index in [-0.39, 0.29) is 25.0 Å². The van der Waals surface area contributed by atoms with Crippen molar-refractivity contribution in [1.82, 2.24) is 30.7 Å². The summed E-state index contributed by atoms with van der Waals surface area (Å²) in [5, 5.41) is 18.4. The summed E-state index contributed by atoms with van der Waals surface area (Å²) in [6, 6.07) is 4.59. The first kappa shape index (κ1) is 34.6. The maximum Gasteiger partial charge on any atom is 0.258 e. The summed E-state index contributed by atoms with van der Waals surface area (Å²) < 4.78 is 5.81. The van der Waals surface area contributed by atoms with Crippen molar-refractivity contribution < 1.29 is 33.8 Å². The molecule has 1 aromatic carbocycles. The first-order valence-electron chi connectivity index (χ1n) is 17.1. The van der Waals surface area contributed by atoms with Crippen LogP contribution in [0.4, 0.5) is 0 Å². The lowest BCUT2D eigenvalue weighted by molar-refractivity contribution is -0.142. The third-order valence-electron chi connectivity index (χ3n) is 10.4. The molecule has 3 fully saturated rings. The molecule has 5 rings (SSSR count). The first-order valence-corrected chi connectivity index (χ1v) is 17.1. The van der Waals surface area contributed by atoms with E-state index in [1.165, 1.54) is 4.90 Å². The molecule has 3 saturated heterocycles. The van der Waals surface area contributed by atoms with Gasteiger partial charge in [0.05, 0.1) is 6.61 Å². The van der Waals surface area contributed by atoms with Crippen LogP contribution >= 0.6 is 0 Å². The number of aliphatic hydroxyl groups excluding tert-OH is 1. The van der Waals surface area contributed by atoms with E-state index in [0.717, 1.165) is 38.0 Å². The monoisotopic (exact) mass is 654 g/mol. The van der Waals surface area contributed by atoms with Crippen LogP contribution in [0.5, 0.6) is 5.75 Å². The summed E-state index contributed by atoms with van der Waals surface area (Å²) in [5.74, 6) is -1.14. The third-order valence-corrected chi connectivity index (χ3v) is 10.4. The highest BCUT2D eigenvalue weighted by molar-refractivity contribution is 5.94. The van der Waals surface area contributed by atoms with Gasteiger partial charge in [0.25, 0.3) is 5.91 Å². The van der Waals surface area contributed by atoms with Gasteiger partial charge >= 0.3 is 0 Å². The number of fused-ring (bicyclic) bond motifs is 3. The van der Waals surface area contributed by atoms with Crippen LogP contribution in [0, 0.1) is 11.3 Å². The molecule has 4 N–H and O–H groups in total. The van der Waals surface area contributed by atoms with Gasteiger partial charge in [0.1, 0.15) is 23.9 Å².